The fraction of sp³-hybridized carbons (Fsp3) is 0.500. The van der Waals surface area contributed by atoms with Crippen molar-refractivity contribution in [3.63, 3.8) is 0 Å². The number of sulfonamides is 1. The van der Waals surface area contributed by atoms with Gasteiger partial charge in [0.05, 0.1) is 11.9 Å². The van der Waals surface area contributed by atoms with Crippen LogP contribution < -0.4 is 9.62 Å². The first-order valence-electron chi connectivity index (χ1n) is 12.9. The van der Waals surface area contributed by atoms with E-state index in [1.807, 2.05) is 31.2 Å². The second kappa shape index (κ2) is 13.0. The number of rotatable bonds is 11. The van der Waals surface area contributed by atoms with Crippen molar-refractivity contribution >= 4 is 27.5 Å². The van der Waals surface area contributed by atoms with Gasteiger partial charge in [-0.05, 0) is 62.9 Å². The minimum absolute atomic E-state index is 0.0667. The largest absolute Gasteiger partial charge is 0.352 e. The Morgan fingerprint density at radius 3 is 2.24 bits per heavy atom. The SMILES string of the molecule is Cc1ccc(CN(C(=O)CCCN(c2ccc(F)cc2)S(C)(=O)=O)[C@H](C)C(=O)NC2CCCCC2)cc1. The molecule has 1 fully saturated rings. The van der Waals surface area contributed by atoms with E-state index in [9.17, 15) is 22.4 Å². The number of anilines is 1. The molecule has 3 rings (SSSR count). The first-order chi connectivity index (χ1) is 17.5. The van der Waals surface area contributed by atoms with Gasteiger partial charge in [-0.1, -0.05) is 49.1 Å². The zero-order valence-electron chi connectivity index (χ0n) is 22.0. The van der Waals surface area contributed by atoms with Crippen LogP contribution in [-0.4, -0.2) is 50.0 Å². The van der Waals surface area contributed by atoms with Crippen LogP contribution in [0.4, 0.5) is 10.1 Å². The number of nitrogens with zero attached hydrogens (tertiary/aromatic N) is 2. The number of hydrogen-bond donors (Lipinski definition) is 1. The zero-order valence-corrected chi connectivity index (χ0v) is 22.8. The molecule has 9 heteroatoms. The molecule has 2 amide bonds. The lowest BCUT2D eigenvalue weighted by Gasteiger charge is -2.31. The van der Waals surface area contributed by atoms with E-state index < -0.39 is 21.9 Å². The minimum atomic E-state index is -3.63. The van der Waals surface area contributed by atoms with E-state index in [1.165, 1.54) is 35.0 Å². The van der Waals surface area contributed by atoms with Gasteiger partial charge in [-0.2, -0.15) is 0 Å². The van der Waals surface area contributed by atoms with Crippen molar-refractivity contribution < 1.29 is 22.4 Å². The monoisotopic (exact) mass is 531 g/mol. The van der Waals surface area contributed by atoms with Gasteiger partial charge >= 0.3 is 0 Å². The first-order valence-corrected chi connectivity index (χ1v) is 14.8. The van der Waals surface area contributed by atoms with Gasteiger partial charge in [0, 0.05) is 25.6 Å². The van der Waals surface area contributed by atoms with E-state index in [0.29, 0.717) is 5.69 Å². The molecule has 202 valence electrons. The van der Waals surface area contributed by atoms with Crippen LogP contribution in [0.2, 0.25) is 0 Å². The maximum Gasteiger partial charge on any atom is 0.242 e. The number of nitrogens with one attached hydrogen (secondary N) is 1. The van der Waals surface area contributed by atoms with Crippen LogP contribution in [0.25, 0.3) is 0 Å². The molecule has 0 bridgehead atoms. The van der Waals surface area contributed by atoms with E-state index in [1.54, 1.807) is 11.8 Å². The van der Waals surface area contributed by atoms with Crippen LogP contribution in [0.15, 0.2) is 48.5 Å². The third-order valence-corrected chi connectivity index (χ3v) is 8.05. The molecule has 0 spiro atoms. The Balaban J connectivity index is 1.70. The van der Waals surface area contributed by atoms with Crippen molar-refractivity contribution in [1.82, 2.24) is 10.2 Å². The lowest BCUT2D eigenvalue weighted by molar-refractivity contribution is -0.141. The van der Waals surface area contributed by atoms with Gasteiger partial charge in [0.25, 0.3) is 0 Å². The molecule has 1 atom stereocenters. The maximum absolute atomic E-state index is 13.4. The topological polar surface area (TPSA) is 86.8 Å². The number of benzene rings is 2. The fourth-order valence-corrected chi connectivity index (χ4v) is 5.62. The summed E-state index contributed by atoms with van der Waals surface area (Å²) in [4.78, 5) is 28.1. The van der Waals surface area contributed by atoms with Gasteiger partial charge in [0.15, 0.2) is 0 Å². The highest BCUT2D eigenvalue weighted by Crippen LogP contribution is 2.21. The summed E-state index contributed by atoms with van der Waals surface area (Å²) >= 11 is 0. The molecule has 2 aromatic rings. The molecular weight excluding hydrogens is 493 g/mol. The molecule has 37 heavy (non-hydrogen) atoms. The molecule has 0 aromatic heterocycles. The quantitative estimate of drug-likeness (QED) is 0.461. The Kier molecular flexibility index (Phi) is 10.1. The third-order valence-electron chi connectivity index (χ3n) is 6.86. The highest BCUT2D eigenvalue weighted by Gasteiger charge is 2.28. The number of carbonyl (C=O) groups is 2. The summed E-state index contributed by atoms with van der Waals surface area (Å²) < 4.78 is 39.2. The molecular formula is C28H38FN3O4S. The average Bonchev–Trinajstić information content (AvgIpc) is 2.86. The van der Waals surface area contributed by atoms with Crippen LogP contribution in [0, 0.1) is 12.7 Å². The molecule has 2 aromatic carbocycles. The number of amides is 2. The molecule has 7 nitrogen and oxygen atoms in total. The smallest absolute Gasteiger partial charge is 0.242 e. The summed E-state index contributed by atoms with van der Waals surface area (Å²) in [5.74, 6) is -0.851. The molecule has 0 unspecified atom stereocenters. The van der Waals surface area contributed by atoms with Crippen LogP contribution in [-0.2, 0) is 26.2 Å². The molecule has 0 heterocycles. The van der Waals surface area contributed by atoms with Gasteiger partial charge in [-0.3, -0.25) is 13.9 Å². The van der Waals surface area contributed by atoms with E-state index in [-0.39, 0.29) is 43.8 Å². The summed E-state index contributed by atoms with van der Waals surface area (Å²) in [5, 5.41) is 3.12. The van der Waals surface area contributed by atoms with Crippen molar-refractivity contribution in [3.8, 4) is 0 Å². The van der Waals surface area contributed by atoms with Crippen molar-refractivity contribution in [2.45, 2.75) is 77.4 Å². The molecule has 1 aliphatic carbocycles. The maximum atomic E-state index is 13.4. The Morgan fingerprint density at radius 1 is 1.03 bits per heavy atom. The number of halogens is 1. The third kappa shape index (κ3) is 8.55. The normalized spacial score (nSPS) is 15.1. The molecule has 0 radical (unpaired) electrons. The Bertz CT molecular complexity index is 1150. The van der Waals surface area contributed by atoms with Crippen LogP contribution in [0.3, 0.4) is 0 Å². The molecule has 1 saturated carbocycles. The molecule has 1 aliphatic rings. The highest BCUT2D eigenvalue weighted by molar-refractivity contribution is 7.92. The van der Waals surface area contributed by atoms with Gasteiger partial charge in [0.2, 0.25) is 21.8 Å². The van der Waals surface area contributed by atoms with E-state index in [4.69, 9.17) is 0 Å². The molecule has 0 saturated heterocycles. The van der Waals surface area contributed by atoms with E-state index in [2.05, 4.69) is 5.32 Å². The molecule has 0 aliphatic heterocycles. The van der Waals surface area contributed by atoms with Gasteiger partial charge in [-0.15, -0.1) is 0 Å². The van der Waals surface area contributed by atoms with E-state index >= 15 is 0 Å². The zero-order chi connectivity index (χ0) is 27.0. The summed E-state index contributed by atoms with van der Waals surface area (Å²) in [5.41, 5.74) is 2.36. The number of aryl methyl sites for hydroxylation is 1. The van der Waals surface area contributed by atoms with Crippen LogP contribution in [0.5, 0.6) is 0 Å². The van der Waals surface area contributed by atoms with Crippen molar-refractivity contribution in [2.75, 3.05) is 17.1 Å². The van der Waals surface area contributed by atoms with Gasteiger partial charge in [-0.25, -0.2) is 12.8 Å². The van der Waals surface area contributed by atoms with Crippen LogP contribution >= 0.6 is 0 Å². The average molecular weight is 532 g/mol. The van der Waals surface area contributed by atoms with Crippen molar-refractivity contribution in [2.24, 2.45) is 0 Å². The number of carbonyl (C=O) groups excluding carboxylic acids is 2. The summed E-state index contributed by atoms with van der Waals surface area (Å²) in [7, 11) is -3.63. The predicted octanol–water partition coefficient (Wildman–Crippen LogP) is 4.55. The standard InChI is InChI=1S/C28H38FN3O4S/c1-21-11-13-23(14-12-21)20-31(22(2)28(34)30-25-8-5-4-6-9-25)27(33)10-7-19-32(37(3,35)36)26-17-15-24(29)16-18-26/h11-18,22,25H,4-10,19-20H2,1-3H3,(H,30,34)/t22-/m1/s1. The Hall–Kier alpha value is -2.94. The second-order valence-electron chi connectivity index (χ2n) is 9.94. The van der Waals surface area contributed by atoms with Gasteiger partial charge < -0.3 is 10.2 Å². The van der Waals surface area contributed by atoms with Crippen LogP contribution in [0.1, 0.15) is 63.0 Å². The lowest BCUT2D eigenvalue weighted by Crippen LogP contribution is -2.50. The van der Waals surface area contributed by atoms with E-state index in [0.717, 1.165) is 43.1 Å². The molecule has 1 N–H and O–H groups in total. The predicted molar refractivity (Wildman–Crippen MR) is 144 cm³/mol. The fourth-order valence-electron chi connectivity index (χ4n) is 4.65. The van der Waals surface area contributed by atoms with Gasteiger partial charge in [0.1, 0.15) is 11.9 Å². The summed E-state index contributed by atoms with van der Waals surface area (Å²) in [6, 6.07) is 12.5. The Morgan fingerprint density at radius 2 is 1.65 bits per heavy atom. The Labute approximate surface area is 220 Å². The van der Waals surface area contributed by atoms with Crippen molar-refractivity contribution in [1.29, 1.82) is 0 Å². The summed E-state index contributed by atoms with van der Waals surface area (Å²) in [6.45, 7) is 4.08. The minimum Gasteiger partial charge on any atom is -0.352 e. The van der Waals surface area contributed by atoms with Crippen molar-refractivity contribution in [3.05, 3.63) is 65.5 Å². The lowest BCUT2D eigenvalue weighted by atomic mass is 9.95. The summed E-state index contributed by atoms with van der Waals surface area (Å²) in [6.07, 6.45) is 6.68. The second-order valence-corrected chi connectivity index (χ2v) is 11.8. The number of hydrogen-bond acceptors (Lipinski definition) is 4. The highest BCUT2D eigenvalue weighted by atomic mass is 32.2. The first kappa shape index (κ1) is 28.6.